The van der Waals surface area contributed by atoms with Gasteiger partial charge in [-0.2, -0.15) is 0 Å². The minimum atomic E-state index is 0.0726. The Morgan fingerprint density at radius 1 is 1.23 bits per heavy atom. The molecular formula is C21H33N3O2. The third-order valence-electron chi connectivity index (χ3n) is 5.27. The van der Waals surface area contributed by atoms with Crippen molar-refractivity contribution in [3.63, 3.8) is 0 Å². The molecule has 0 radical (unpaired) electrons. The van der Waals surface area contributed by atoms with Gasteiger partial charge >= 0.3 is 0 Å². The Morgan fingerprint density at radius 2 is 1.92 bits per heavy atom. The summed E-state index contributed by atoms with van der Waals surface area (Å²) in [7, 11) is 0. The van der Waals surface area contributed by atoms with Crippen molar-refractivity contribution in [3.05, 3.63) is 29.8 Å². The summed E-state index contributed by atoms with van der Waals surface area (Å²) in [6.45, 7) is 10.5. The molecule has 1 fully saturated rings. The molecule has 26 heavy (non-hydrogen) atoms. The average molecular weight is 360 g/mol. The van der Waals surface area contributed by atoms with Gasteiger partial charge in [-0.25, -0.2) is 0 Å². The first kappa shape index (κ1) is 20.4. The molecule has 1 saturated heterocycles. The number of piperidine rings is 1. The molecule has 5 heteroatoms. The number of rotatable bonds is 7. The van der Waals surface area contributed by atoms with E-state index in [9.17, 15) is 9.59 Å². The molecule has 0 bridgehead atoms. The summed E-state index contributed by atoms with van der Waals surface area (Å²) in [4.78, 5) is 25.8. The Bertz CT molecular complexity index is 592. The van der Waals surface area contributed by atoms with Crippen molar-refractivity contribution >= 4 is 17.5 Å². The third-order valence-corrected chi connectivity index (χ3v) is 5.27. The van der Waals surface area contributed by atoms with Gasteiger partial charge in [0, 0.05) is 31.6 Å². The van der Waals surface area contributed by atoms with E-state index in [1.54, 1.807) is 6.92 Å². The van der Waals surface area contributed by atoms with E-state index in [2.05, 4.69) is 17.6 Å². The van der Waals surface area contributed by atoms with E-state index in [-0.39, 0.29) is 17.9 Å². The summed E-state index contributed by atoms with van der Waals surface area (Å²) in [6, 6.07) is 7.95. The minimum Gasteiger partial charge on any atom is -0.336 e. The van der Waals surface area contributed by atoms with Crippen LogP contribution >= 0.6 is 0 Å². The van der Waals surface area contributed by atoms with E-state index >= 15 is 0 Å². The van der Waals surface area contributed by atoms with Crippen molar-refractivity contribution in [2.75, 3.05) is 18.4 Å². The van der Waals surface area contributed by atoms with E-state index in [0.29, 0.717) is 24.8 Å². The highest BCUT2D eigenvalue weighted by molar-refractivity contribution is 5.90. The van der Waals surface area contributed by atoms with Crippen LogP contribution in [0.15, 0.2) is 24.3 Å². The molecule has 2 atom stereocenters. The Labute approximate surface area is 157 Å². The van der Waals surface area contributed by atoms with Gasteiger partial charge < -0.3 is 15.5 Å². The van der Waals surface area contributed by atoms with Gasteiger partial charge in [-0.05, 0) is 69.3 Å². The van der Waals surface area contributed by atoms with Crippen molar-refractivity contribution in [1.29, 1.82) is 0 Å². The highest BCUT2D eigenvalue weighted by atomic mass is 16.2. The highest BCUT2D eigenvalue weighted by Gasteiger charge is 2.22. The van der Waals surface area contributed by atoms with Crippen LogP contribution in [0.25, 0.3) is 0 Å². The first-order valence-electron chi connectivity index (χ1n) is 9.73. The predicted octanol–water partition coefficient (Wildman–Crippen LogP) is 3.41. The van der Waals surface area contributed by atoms with E-state index < -0.39 is 0 Å². The lowest BCUT2D eigenvalue weighted by atomic mass is 9.85. The summed E-state index contributed by atoms with van der Waals surface area (Å²) in [5, 5.41) is 6.41. The van der Waals surface area contributed by atoms with Crippen LogP contribution in [-0.4, -0.2) is 35.8 Å². The zero-order valence-corrected chi connectivity index (χ0v) is 16.5. The maximum atomic E-state index is 12.3. The largest absolute Gasteiger partial charge is 0.336 e. The van der Waals surface area contributed by atoms with Crippen molar-refractivity contribution in [1.82, 2.24) is 10.2 Å². The number of nitrogens with zero attached hydrogens (tertiary/aromatic N) is 1. The molecule has 144 valence electrons. The summed E-state index contributed by atoms with van der Waals surface area (Å²) < 4.78 is 0. The molecule has 2 amide bonds. The molecule has 0 spiro atoms. The lowest BCUT2D eigenvalue weighted by Crippen LogP contribution is -2.34. The minimum absolute atomic E-state index is 0.0726. The zero-order chi connectivity index (χ0) is 19.1. The van der Waals surface area contributed by atoms with Crippen LogP contribution in [0, 0.1) is 11.8 Å². The second kappa shape index (κ2) is 9.72. The molecule has 2 rings (SSSR count). The first-order valence-corrected chi connectivity index (χ1v) is 9.73. The van der Waals surface area contributed by atoms with Gasteiger partial charge in [0.05, 0.1) is 0 Å². The molecule has 1 aliphatic rings. The van der Waals surface area contributed by atoms with Gasteiger partial charge in [-0.15, -0.1) is 0 Å². The fourth-order valence-electron chi connectivity index (χ4n) is 3.58. The van der Waals surface area contributed by atoms with Gasteiger partial charge in [0.1, 0.15) is 0 Å². The van der Waals surface area contributed by atoms with Gasteiger partial charge in [-0.1, -0.05) is 19.1 Å². The second-order valence-corrected chi connectivity index (χ2v) is 7.77. The van der Waals surface area contributed by atoms with Crippen LogP contribution in [0.3, 0.4) is 0 Å². The topological polar surface area (TPSA) is 61.4 Å². The molecule has 0 aromatic heterocycles. The Balaban J connectivity index is 1.85. The van der Waals surface area contributed by atoms with Gasteiger partial charge in [0.15, 0.2) is 0 Å². The van der Waals surface area contributed by atoms with E-state index in [1.165, 1.54) is 12.8 Å². The Hall–Kier alpha value is -1.88. The quantitative estimate of drug-likeness (QED) is 0.784. The summed E-state index contributed by atoms with van der Waals surface area (Å²) in [5.74, 6) is 1.12. The number of carbonyl (C=O) groups is 2. The van der Waals surface area contributed by atoms with E-state index in [4.69, 9.17) is 0 Å². The smallest absolute Gasteiger partial charge is 0.224 e. The molecule has 5 nitrogen and oxygen atoms in total. The number of anilines is 1. The first-order chi connectivity index (χ1) is 12.4. The van der Waals surface area contributed by atoms with Gasteiger partial charge in [0.25, 0.3) is 0 Å². The lowest BCUT2D eigenvalue weighted by molar-refractivity contribution is -0.131. The van der Waals surface area contributed by atoms with Crippen LogP contribution in [0.2, 0.25) is 0 Å². The highest BCUT2D eigenvalue weighted by Crippen LogP contribution is 2.23. The molecule has 1 heterocycles. The monoisotopic (exact) mass is 359 g/mol. The fraction of sp³-hybridized carbons (Fsp3) is 0.619. The standard InChI is InChI=1S/C21H33N3O2/c1-15(2)24(17(4)25)14-18-7-9-20(10-8-18)23-21(26)12-16(3)19-6-5-11-22-13-19/h7-10,15-16,19,22H,5-6,11-14H2,1-4H3,(H,23,26). The summed E-state index contributed by atoms with van der Waals surface area (Å²) >= 11 is 0. The van der Waals surface area contributed by atoms with Crippen LogP contribution in [0.5, 0.6) is 0 Å². The van der Waals surface area contributed by atoms with Crippen LogP contribution < -0.4 is 10.6 Å². The molecular weight excluding hydrogens is 326 g/mol. The average Bonchev–Trinajstić information content (AvgIpc) is 2.61. The number of benzene rings is 1. The van der Waals surface area contributed by atoms with Crippen LogP contribution in [-0.2, 0) is 16.1 Å². The number of carbonyl (C=O) groups excluding carboxylic acids is 2. The molecule has 0 saturated carbocycles. The maximum absolute atomic E-state index is 12.3. The molecule has 1 aliphatic heterocycles. The van der Waals surface area contributed by atoms with Crippen LogP contribution in [0.4, 0.5) is 5.69 Å². The predicted molar refractivity (Wildman–Crippen MR) is 106 cm³/mol. The van der Waals surface area contributed by atoms with Gasteiger partial charge in [0.2, 0.25) is 11.8 Å². The van der Waals surface area contributed by atoms with E-state index in [0.717, 1.165) is 24.3 Å². The van der Waals surface area contributed by atoms with Crippen molar-refractivity contribution in [2.45, 2.75) is 59.5 Å². The molecule has 2 unspecified atom stereocenters. The molecule has 1 aromatic rings. The lowest BCUT2D eigenvalue weighted by Gasteiger charge is -2.28. The van der Waals surface area contributed by atoms with E-state index in [1.807, 2.05) is 43.0 Å². The maximum Gasteiger partial charge on any atom is 0.224 e. The van der Waals surface area contributed by atoms with Gasteiger partial charge in [-0.3, -0.25) is 9.59 Å². The summed E-state index contributed by atoms with van der Waals surface area (Å²) in [5.41, 5.74) is 1.88. The van der Waals surface area contributed by atoms with Crippen molar-refractivity contribution in [3.8, 4) is 0 Å². The molecule has 0 aliphatic carbocycles. The van der Waals surface area contributed by atoms with Crippen molar-refractivity contribution < 1.29 is 9.59 Å². The normalized spacial score (nSPS) is 18.4. The number of nitrogens with one attached hydrogen (secondary N) is 2. The second-order valence-electron chi connectivity index (χ2n) is 7.77. The number of hydrogen-bond donors (Lipinski definition) is 2. The third kappa shape index (κ3) is 6.13. The van der Waals surface area contributed by atoms with Crippen LogP contribution in [0.1, 0.15) is 52.5 Å². The SMILES string of the molecule is CC(=O)N(Cc1ccc(NC(=O)CC(C)C2CCCNC2)cc1)C(C)C. The summed E-state index contributed by atoms with van der Waals surface area (Å²) in [6.07, 6.45) is 2.96. The van der Waals surface area contributed by atoms with Crippen molar-refractivity contribution in [2.24, 2.45) is 11.8 Å². The molecule has 1 aromatic carbocycles. The zero-order valence-electron chi connectivity index (χ0n) is 16.5. The number of amides is 2. The Morgan fingerprint density at radius 3 is 2.46 bits per heavy atom. The fourth-order valence-corrected chi connectivity index (χ4v) is 3.58. The Kier molecular flexibility index (Phi) is 7.64. The molecule has 2 N–H and O–H groups in total. The number of hydrogen-bond acceptors (Lipinski definition) is 3.